The monoisotopic (exact) mass is 683 g/mol. The standard InChI is InChI=1S/C36H43F2N3O6S/c1-24-22-39-23-29(41(24)48(44,45)30-8-4-3-5-9-30)15-16-31-27(7-6-10-32(31)38)21-33(42)35(40-36(43)46-2)34(26-17-19-47-20-18-26)25-11-13-28(37)14-12-25/h3-14,24,26,29,34-35,39H,15-23H2,1-2H3,(H,40,43)/t24-,29-,34-,35+/m0/s1. The number of nitrogens with zero attached hydrogens (tertiary/aromatic N) is 1. The molecule has 3 aromatic rings. The number of amides is 1. The van der Waals surface area contributed by atoms with Crippen molar-refractivity contribution in [2.24, 2.45) is 5.92 Å². The van der Waals surface area contributed by atoms with Crippen LogP contribution in [0.1, 0.15) is 48.8 Å². The van der Waals surface area contributed by atoms with Gasteiger partial charge in [0.2, 0.25) is 10.0 Å². The molecule has 2 aliphatic rings. The van der Waals surface area contributed by atoms with Crippen molar-refractivity contribution in [1.82, 2.24) is 14.9 Å². The lowest BCUT2D eigenvalue weighted by molar-refractivity contribution is -0.121. The average Bonchev–Trinajstić information content (AvgIpc) is 3.09. The Morgan fingerprint density at radius 3 is 2.40 bits per heavy atom. The third-order valence-electron chi connectivity index (χ3n) is 9.43. The third-order valence-corrected chi connectivity index (χ3v) is 11.5. The number of ketones is 1. The Kier molecular flexibility index (Phi) is 12.0. The molecular weight excluding hydrogens is 640 g/mol. The molecule has 1 amide bonds. The minimum atomic E-state index is -3.82. The summed E-state index contributed by atoms with van der Waals surface area (Å²) in [6, 6.07) is 16.9. The van der Waals surface area contributed by atoms with Crippen LogP contribution in [0.15, 0.2) is 77.7 Å². The highest BCUT2D eigenvalue weighted by atomic mass is 32.2. The van der Waals surface area contributed by atoms with Gasteiger partial charge in [-0.15, -0.1) is 0 Å². The molecule has 258 valence electrons. The summed E-state index contributed by atoms with van der Waals surface area (Å²) in [6.45, 7) is 3.70. The smallest absolute Gasteiger partial charge is 0.407 e. The van der Waals surface area contributed by atoms with E-state index in [-0.39, 0.29) is 35.5 Å². The number of methoxy groups -OCH3 is 1. The van der Waals surface area contributed by atoms with Crippen molar-refractivity contribution in [3.63, 3.8) is 0 Å². The van der Waals surface area contributed by atoms with Crippen LogP contribution in [-0.4, -0.2) is 76.1 Å². The van der Waals surface area contributed by atoms with Crippen LogP contribution in [0.2, 0.25) is 0 Å². The van der Waals surface area contributed by atoms with Crippen LogP contribution in [0.4, 0.5) is 13.6 Å². The van der Waals surface area contributed by atoms with E-state index in [0.717, 1.165) is 0 Å². The van der Waals surface area contributed by atoms with Crippen LogP contribution < -0.4 is 10.6 Å². The largest absolute Gasteiger partial charge is 0.453 e. The molecule has 5 rings (SSSR count). The lowest BCUT2D eigenvalue weighted by Crippen LogP contribution is -2.58. The highest BCUT2D eigenvalue weighted by molar-refractivity contribution is 7.89. The van der Waals surface area contributed by atoms with Gasteiger partial charge in [0.05, 0.1) is 18.0 Å². The average molecular weight is 684 g/mol. The summed E-state index contributed by atoms with van der Waals surface area (Å²) in [7, 11) is -2.60. The number of piperazine rings is 1. The Morgan fingerprint density at radius 1 is 1.00 bits per heavy atom. The van der Waals surface area contributed by atoms with Gasteiger partial charge in [-0.05, 0) is 85.5 Å². The Balaban J connectivity index is 1.42. The Labute approximate surface area is 281 Å². The van der Waals surface area contributed by atoms with E-state index in [1.807, 2.05) is 6.92 Å². The topological polar surface area (TPSA) is 114 Å². The van der Waals surface area contributed by atoms with Gasteiger partial charge >= 0.3 is 6.09 Å². The number of rotatable bonds is 12. The van der Waals surface area contributed by atoms with Crippen LogP contribution in [0.25, 0.3) is 0 Å². The number of alkyl carbamates (subject to hydrolysis) is 1. The summed E-state index contributed by atoms with van der Waals surface area (Å²) in [4.78, 5) is 27.0. The third kappa shape index (κ3) is 8.28. The fourth-order valence-corrected chi connectivity index (χ4v) is 8.95. The fraction of sp³-hybridized carbons (Fsp3) is 0.444. The van der Waals surface area contributed by atoms with Gasteiger partial charge in [-0.3, -0.25) is 4.79 Å². The summed E-state index contributed by atoms with van der Waals surface area (Å²) in [5, 5.41) is 6.04. The molecule has 2 fully saturated rings. The molecule has 2 N–H and O–H groups in total. The second-order valence-corrected chi connectivity index (χ2v) is 14.4. The first-order chi connectivity index (χ1) is 23.1. The molecule has 0 aromatic heterocycles. The van der Waals surface area contributed by atoms with Gasteiger partial charge in [0.25, 0.3) is 0 Å². The van der Waals surface area contributed by atoms with Gasteiger partial charge in [-0.1, -0.05) is 42.5 Å². The molecular formula is C36H43F2N3O6S. The van der Waals surface area contributed by atoms with E-state index in [9.17, 15) is 22.4 Å². The van der Waals surface area contributed by atoms with Gasteiger partial charge in [0.1, 0.15) is 11.6 Å². The first kappa shape index (κ1) is 35.6. The van der Waals surface area contributed by atoms with E-state index in [1.165, 1.54) is 35.7 Å². The van der Waals surface area contributed by atoms with Crippen molar-refractivity contribution in [1.29, 1.82) is 0 Å². The van der Waals surface area contributed by atoms with Crippen LogP contribution in [-0.2, 0) is 37.1 Å². The quantitative estimate of drug-likeness (QED) is 0.277. The molecule has 4 atom stereocenters. The van der Waals surface area contributed by atoms with Crippen molar-refractivity contribution < 1.29 is 36.3 Å². The van der Waals surface area contributed by atoms with Crippen molar-refractivity contribution in [2.45, 2.75) is 68.0 Å². The summed E-state index contributed by atoms with van der Waals surface area (Å²) < 4.78 is 68.9. The molecule has 12 heteroatoms. The molecule has 0 saturated carbocycles. The molecule has 2 aliphatic heterocycles. The van der Waals surface area contributed by atoms with Crippen LogP contribution in [0, 0.1) is 17.6 Å². The number of halogens is 2. The van der Waals surface area contributed by atoms with E-state index in [0.29, 0.717) is 62.3 Å². The number of hydrogen-bond donors (Lipinski definition) is 2. The fourth-order valence-electron chi connectivity index (χ4n) is 7.09. The first-order valence-corrected chi connectivity index (χ1v) is 17.8. The van der Waals surface area contributed by atoms with E-state index in [2.05, 4.69) is 10.6 Å². The van der Waals surface area contributed by atoms with E-state index < -0.39 is 45.8 Å². The van der Waals surface area contributed by atoms with Crippen molar-refractivity contribution >= 4 is 21.9 Å². The van der Waals surface area contributed by atoms with Gasteiger partial charge in [-0.2, -0.15) is 4.31 Å². The van der Waals surface area contributed by atoms with Crippen LogP contribution in [0.5, 0.6) is 0 Å². The molecule has 0 bridgehead atoms. The minimum Gasteiger partial charge on any atom is -0.453 e. The maximum atomic E-state index is 15.5. The Hall–Kier alpha value is -3.71. The van der Waals surface area contributed by atoms with Crippen molar-refractivity contribution in [2.75, 3.05) is 33.4 Å². The number of Topliss-reactive ketones (excluding diaryl/α,β-unsaturated/α-hetero) is 1. The summed E-state index contributed by atoms with van der Waals surface area (Å²) in [6.07, 6.45) is 0.798. The molecule has 0 spiro atoms. The molecule has 0 aliphatic carbocycles. The SMILES string of the molecule is COC(=O)N[C@H](C(=O)Cc1cccc(F)c1CC[C@H]1CNC[C@H](C)N1S(=O)(=O)c1ccccc1)[C@@H](c1ccc(F)cc1)C1CCOCC1. The highest BCUT2D eigenvalue weighted by Crippen LogP contribution is 2.36. The second kappa shape index (κ2) is 16.1. The zero-order valence-corrected chi connectivity index (χ0v) is 28.1. The molecule has 3 aromatic carbocycles. The zero-order valence-electron chi connectivity index (χ0n) is 27.2. The Morgan fingerprint density at radius 2 is 1.71 bits per heavy atom. The van der Waals surface area contributed by atoms with Gasteiger partial charge in [0.15, 0.2) is 5.78 Å². The number of carbonyl (C=O) groups excluding carboxylic acids is 2. The number of nitrogens with one attached hydrogen (secondary N) is 2. The van der Waals surface area contributed by atoms with Crippen molar-refractivity contribution in [3.8, 4) is 0 Å². The first-order valence-electron chi connectivity index (χ1n) is 16.4. The van der Waals surface area contributed by atoms with E-state index in [1.54, 1.807) is 48.5 Å². The molecule has 48 heavy (non-hydrogen) atoms. The summed E-state index contributed by atoms with van der Waals surface area (Å²) >= 11 is 0. The lowest BCUT2D eigenvalue weighted by Gasteiger charge is -2.40. The Bertz CT molecular complexity index is 1650. The molecule has 2 saturated heterocycles. The van der Waals surface area contributed by atoms with Crippen LogP contribution >= 0.6 is 0 Å². The number of hydrogen-bond acceptors (Lipinski definition) is 7. The molecule has 9 nitrogen and oxygen atoms in total. The zero-order chi connectivity index (χ0) is 34.3. The van der Waals surface area contributed by atoms with Gasteiger partial charge in [0, 0.05) is 50.7 Å². The normalized spacial score (nSPS) is 20.5. The number of sulfonamides is 1. The maximum absolute atomic E-state index is 15.5. The van der Waals surface area contributed by atoms with E-state index >= 15 is 4.39 Å². The van der Waals surface area contributed by atoms with Crippen LogP contribution in [0.3, 0.4) is 0 Å². The predicted octanol–water partition coefficient (Wildman–Crippen LogP) is 5.00. The summed E-state index contributed by atoms with van der Waals surface area (Å²) in [5.74, 6) is -1.83. The van der Waals surface area contributed by atoms with Gasteiger partial charge < -0.3 is 20.1 Å². The van der Waals surface area contributed by atoms with Gasteiger partial charge in [-0.25, -0.2) is 22.0 Å². The predicted molar refractivity (Wildman–Crippen MR) is 177 cm³/mol. The molecule has 0 unspecified atom stereocenters. The molecule has 0 radical (unpaired) electrons. The second-order valence-electron chi connectivity index (χ2n) is 12.5. The lowest BCUT2D eigenvalue weighted by atomic mass is 9.74. The van der Waals surface area contributed by atoms with Crippen molar-refractivity contribution in [3.05, 3.63) is 101 Å². The number of benzene rings is 3. The van der Waals surface area contributed by atoms with E-state index in [4.69, 9.17) is 9.47 Å². The molecule has 2 heterocycles. The number of ether oxygens (including phenoxy) is 2. The highest BCUT2D eigenvalue weighted by Gasteiger charge is 2.39. The minimum absolute atomic E-state index is 0.0550. The number of carbonyl (C=O) groups is 2. The summed E-state index contributed by atoms with van der Waals surface area (Å²) in [5.41, 5.74) is 1.47. The maximum Gasteiger partial charge on any atom is 0.407 e.